The highest BCUT2D eigenvalue weighted by atomic mass is 16.5. The molecule has 0 aromatic carbocycles. The standard InChI is InChI=1S/C20H31N3O4/c1-14-9-23(10-15(2)27-14)20(3,4)13-21-19(25)16-8-18(24)22(11-16)12-17-6-5-7-26-17/h5-7,14-16H,8-13H2,1-4H3,(H,21,25)/t14-,15+,16-/m0/s1. The summed E-state index contributed by atoms with van der Waals surface area (Å²) >= 11 is 0. The molecule has 27 heavy (non-hydrogen) atoms. The number of likely N-dealkylation sites (tertiary alicyclic amines) is 1. The smallest absolute Gasteiger partial charge is 0.225 e. The number of nitrogens with one attached hydrogen (secondary N) is 1. The van der Waals surface area contributed by atoms with Crippen LogP contribution < -0.4 is 5.32 Å². The summed E-state index contributed by atoms with van der Waals surface area (Å²) in [5, 5.41) is 3.07. The molecule has 0 unspecified atom stereocenters. The van der Waals surface area contributed by atoms with Gasteiger partial charge < -0.3 is 19.4 Å². The summed E-state index contributed by atoms with van der Waals surface area (Å²) in [5.41, 5.74) is -0.168. The predicted molar refractivity (Wildman–Crippen MR) is 101 cm³/mol. The lowest BCUT2D eigenvalue weighted by atomic mass is 9.99. The molecule has 3 heterocycles. The molecule has 150 valence electrons. The summed E-state index contributed by atoms with van der Waals surface area (Å²) in [5.74, 6) is 0.390. The van der Waals surface area contributed by atoms with E-state index in [9.17, 15) is 9.59 Å². The Morgan fingerprint density at radius 2 is 1.96 bits per heavy atom. The first-order valence-electron chi connectivity index (χ1n) is 9.73. The second kappa shape index (κ2) is 8.02. The van der Waals surface area contributed by atoms with Gasteiger partial charge in [-0.2, -0.15) is 0 Å². The van der Waals surface area contributed by atoms with E-state index in [2.05, 4.69) is 37.9 Å². The van der Waals surface area contributed by atoms with E-state index < -0.39 is 0 Å². The molecule has 2 aliphatic rings. The third kappa shape index (κ3) is 4.90. The van der Waals surface area contributed by atoms with Crippen molar-refractivity contribution >= 4 is 11.8 Å². The monoisotopic (exact) mass is 377 g/mol. The van der Waals surface area contributed by atoms with Crippen LogP contribution in [0.3, 0.4) is 0 Å². The van der Waals surface area contributed by atoms with E-state index in [0.717, 1.165) is 18.8 Å². The highest BCUT2D eigenvalue weighted by Gasteiger charge is 2.37. The van der Waals surface area contributed by atoms with Crippen molar-refractivity contribution in [2.45, 2.75) is 58.4 Å². The lowest BCUT2D eigenvalue weighted by molar-refractivity contribution is -0.129. The fourth-order valence-corrected chi connectivity index (χ4v) is 3.92. The van der Waals surface area contributed by atoms with Crippen molar-refractivity contribution in [1.82, 2.24) is 15.1 Å². The summed E-state index contributed by atoms with van der Waals surface area (Å²) in [6.45, 7) is 11.6. The zero-order chi connectivity index (χ0) is 19.6. The maximum Gasteiger partial charge on any atom is 0.225 e. The molecule has 7 nitrogen and oxygen atoms in total. The number of amides is 2. The molecule has 2 fully saturated rings. The largest absolute Gasteiger partial charge is 0.467 e. The highest BCUT2D eigenvalue weighted by Crippen LogP contribution is 2.23. The Kier molecular flexibility index (Phi) is 5.91. The number of nitrogens with zero attached hydrogens (tertiary/aromatic N) is 2. The molecule has 0 bridgehead atoms. The molecule has 1 aromatic rings. The average molecular weight is 377 g/mol. The Morgan fingerprint density at radius 1 is 1.26 bits per heavy atom. The van der Waals surface area contributed by atoms with Crippen molar-refractivity contribution in [3.05, 3.63) is 24.2 Å². The van der Waals surface area contributed by atoms with Gasteiger partial charge in [0.05, 0.1) is 30.9 Å². The predicted octanol–water partition coefficient (Wildman–Crippen LogP) is 1.63. The van der Waals surface area contributed by atoms with Crippen LogP contribution in [0.25, 0.3) is 0 Å². The van der Waals surface area contributed by atoms with Crippen LogP contribution in [0.5, 0.6) is 0 Å². The molecule has 2 saturated heterocycles. The second-order valence-electron chi connectivity index (χ2n) is 8.45. The minimum absolute atomic E-state index is 0.00152. The van der Waals surface area contributed by atoms with E-state index in [1.165, 1.54) is 0 Å². The van der Waals surface area contributed by atoms with E-state index in [0.29, 0.717) is 19.6 Å². The Labute approximate surface area is 161 Å². The lowest BCUT2D eigenvalue weighted by Gasteiger charge is -2.45. The van der Waals surface area contributed by atoms with Gasteiger partial charge in [-0.15, -0.1) is 0 Å². The summed E-state index contributed by atoms with van der Waals surface area (Å²) in [4.78, 5) is 28.9. The Morgan fingerprint density at radius 3 is 2.59 bits per heavy atom. The molecule has 1 N–H and O–H groups in total. The van der Waals surface area contributed by atoms with E-state index in [1.807, 2.05) is 6.07 Å². The van der Waals surface area contributed by atoms with Crippen LogP contribution in [0.2, 0.25) is 0 Å². The highest BCUT2D eigenvalue weighted by molar-refractivity contribution is 5.89. The van der Waals surface area contributed by atoms with Gasteiger partial charge in [-0.25, -0.2) is 0 Å². The zero-order valence-corrected chi connectivity index (χ0v) is 16.7. The molecule has 0 radical (unpaired) electrons. The number of carbonyl (C=O) groups is 2. The Bertz CT molecular complexity index is 648. The minimum atomic E-state index is -0.300. The van der Waals surface area contributed by atoms with Gasteiger partial charge in [0.25, 0.3) is 0 Å². The number of hydrogen-bond donors (Lipinski definition) is 1. The molecule has 0 spiro atoms. The van der Waals surface area contributed by atoms with Crippen molar-refractivity contribution in [2.75, 3.05) is 26.2 Å². The van der Waals surface area contributed by atoms with Gasteiger partial charge in [0.1, 0.15) is 5.76 Å². The number of rotatable bonds is 6. The van der Waals surface area contributed by atoms with Crippen molar-refractivity contribution < 1.29 is 18.7 Å². The molecule has 3 rings (SSSR count). The van der Waals surface area contributed by atoms with Crippen LogP contribution in [0.1, 0.15) is 39.9 Å². The first-order chi connectivity index (χ1) is 12.7. The first kappa shape index (κ1) is 19.9. The van der Waals surface area contributed by atoms with E-state index >= 15 is 0 Å². The van der Waals surface area contributed by atoms with Gasteiger partial charge >= 0.3 is 0 Å². The number of ether oxygens (including phenoxy) is 1. The topological polar surface area (TPSA) is 75.0 Å². The SMILES string of the molecule is C[C@@H]1CN(C(C)(C)CNC(=O)[C@H]2CC(=O)N(Cc3ccco3)C2)C[C@H](C)O1. The molecule has 0 saturated carbocycles. The Balaban J connectivity index is 1.50. The third-order valence-corrected chi connectivity index (χ3v) is 5.48. The molecule has 0 aliphatic carbocycles. The third-order valence-electron chi connectivity index (χ3n) is 5.48. The van der Waals surface area contributed by atoms with Crippen molar-refractivity contribution in [3.63, 3.8) is 0 Å². The van der Waals surface area contributed by atoms with Gasteiger partial charge in [0.2, 0.25) is 11.8 Å². The van der Waals surface area contributed by atoms with Crippen LogP contribution in [0, 0.1) is 5.92 Å². The maximum absolute atomic E-state index is 12.6. The average Bonchev–Trinajstić information content (AvgIpc) is 3.23. The fourth-order valence-electron chi connectivity index (χ4n) is 3.92. The summed E-state index contributed by atoms with van der Waals surface area (Å²) in [6.07, 6.45) is 2.23. The first-order valence-corrected chi connectivity index (χ1v) is 9.73. The summed E-state index contributed by atoms with van der Waals surface area (Å²) in [7, 11) is 0. The molecule has 3 atom stereocenters. The lowest BCUT2D eigenvalue weighted by Crippen LogP contribution is -2.59. The number of hydrogen-bond acceptors (Lipinski definition) is 5. The quantitative estimate of drug-likeness (QED) is 0.816. The number of carbonyl (C=O) groups excluding carboxylic acids is 2. The molecular weight excluding hydrogens is 346 g/mol. The summed E-state index contributed by atoms with van der Waals surface area (Å²) in [6, 6.07) is 3.64. The van der Waals surface area contributed by atoms with E-state index in [4.69, 9.17) is 9.15 Å². The van der Waals surface area contributed by atoms with Crippen molar-refractivity contribution in [1.29, 1.82) is 0 Å². The molecule has 2 amide bonds. The van der Waals surface area contributed by atoms with E-state index in [1.54, 1.807) is 17.2 Å². The normalized spacial score (nSPS) is 27.2. The van der Waals surface area contributed by atoms with Crippen LogP contribution in [0.4, 0.5) is 0 Å². The van der Waals surface area contributed by atoms with E-state index in [-0.39, 0.29) is 41.9 Å². The molecule has 7 heteroatoms. The maximum atomic E-state index is 12.6. The van der Waals surface area contributed by atoms with Gasteiger partial charge in [-0.05, 0) is 39.8 Å². The molecule has 1 aromatic heterocycles. The van der Waals surface area contributed by atoms with Crippen molar-refractivity contribution in [2.24, 2.45) is 5.92 Å². The second-order valence-corrected chi connectivity index (χ2v) is 8.45. The van der Waals surface area contributed by atoms with Gasteiger partial charge in [-0.3, -0.25) is 14.5 Å². The minimum Gasteiger partial charge on any atom is -0.467 e. The van der Waals surface area contributed by atoms with Crippen LogP contribution in [0.15, 0.2) is 22.8 Å². The van der Waals surface area contributed by atoms with Crippen molar-refractivity contribution in [3.8, 4) is 0 Å². The van der Waals surface area contributed by atoms with Gasteiger partial charge in [0.15, 0.2) is 0 Å². The Hall–Kier alpha value is -1.86. The summed E-state index contributed by atoms with van der Waals surface area (Å²) < 4.78 is 11.1. The molecular formula is C20H31N3O4. The van der Waals surface area contributed by atoms with Crippen LogP contribution in [-0.4, -0.2) is 65.5 Å². The zero-order valence-electron chi connectivity index (χ0n) is 16.7. The van der Waals surface area contributed by atoms with Gasteiger partial charge in [-0.1, -0.05) is 0 Å². The number of morpholine rings is 1. The van der Waals surface area contributed by atoms with Gasteiger partial charge in [0, 0.05) is 38.1 Å². The fraction of sp³-hybridized carbons (Fsp3) is 0.700. The van der Waals surface area contributed by atoms with Crippen LogP contribution >= 0.6 is 0 Å². The number of furan rings is 1. The molecule has 2 aliphatic heterocycles. The van der Waals surface area contributed by atoms with Crippen LogP contribution in [-0.2, 0) is 20.9 Å².